The number of rotatable bonds is 7. The average molecular weight is 336 g/mol. The summed E-state index contributed by atoms with van der Waals surface area (Å²) in [5, 5.41) is 2.84. The van der Waals surface area contributed by atoms with Crippen LogP contribution in [0.25, 0.3) is 0 Å². The Bertz CT molecular complexity index is 667. The van der Waals surface area contributed by atoms with E-state index in [1.54, 1.807) is 0 Å². The van der Waals surface area contributed by atoms with Crippen molar-refractivity contribution in [2.45, 2.75) is 4.90 Å². The molecule has 0 saturated heterocycles. The van der Waals surface area contributed by atoms with Gasteiger partial charge in [0.05, 0.1) is 5.75 Å². The van der Waals surface area contributed by atoms with E-state index in [9.17, 15) is 16.8 Å². The molecule has 1 heterocycles. The highest BCUT2D eigenvalue weighted by Crippen LogP contribution is 2.13. The van der Waals surface area contributed by atoms with E-state index in [2.05, 4.69) is 10.3 Å². The van der Waals surface area contributed by atoms with Crippen LogP contribution >= 0.6 is 0 Å². The maximum Gasteiger partial charge on any atom is 0.244 e. The number of anilines is 1. The Morgan fingerprint density at radius 1 is 1.05 bits per heavy atom. The molecule has 0 unspecified atom stereocenters. The van der Waals surface area contributed by atoms with Gasteiger partial charge in [-0.05, 0) is 12.1 Å². The van der Waals surface area contributed by atoms with Crippen LogP contribution in [0.15, 0.2) is 23.2 Å². The fourth-order valence-electron chi connectivity index (χ4n) is 1.34. The van der Waals surface area contributed by atoms with Crippen molar-refractivity contribution < 1.29 is 16.8 Å². The van der Waals surface area contributed by atoms with Gasteiger partial charge in [0, 0.05) is 40.9 Å². The van der Waals surface area contributed by atoms with Gasteiger partial charge in [0.1, 0.15) is 10.7 Å². The summed E-state index contributed by atoms with van der Waals surface area (Å²) in [7, 11) is -0.969. The highest BCUT2D eigenvalue weighted by atomic mass is 32.2. The number of sulfonamides is 2. The van der Waals surface area contributed by atoms with Crippen molar-refractivity contribution in [2.24, 2.45) is 0 Å². The molecular formula is C11H20N4O4S2. The minimum atomic E-state index is -3.51. The van der Waals surface area contributed by atoms with Crippen molar-refractivity contribution in [1.82, 2.24) is 13.6 Å². The van der Waals surface area contributed by atoms with Crippen LogP contribution in [-0.2, 0) is 20.0 Å². The number of pyridine rings is 1. The highest BCUT2D eigenvalue weighted by Gasteiger charge is 2.17. The summed E-state index contributed by atoms with van der Waals surface area (Å²) in [6.07, 6.45) is 1.23. The molecule has 0 aromatic carbocycles. The molecule has 8 nitrogen and oxygen atoms in total. The molecule has 0 saturated carbocycles. The van der Waals surface area contributed by atoms with Gasteiger partial charge < -0.3 is 5.32 Å². The zero-order valence-electron chi connectivity index (χ0n) is 12.4. The topological polar surface area (TPSA) is 99.7 Å². The van der Waals surface area contributed by atoms with Crippen LogP contribution in [0.4, 0.5) is 5.82 Å². The van der Waals surface area contributed by atoms with Gasteiger partial charge in [0.2, 0.25) is 20.0 Å². The van der Waals surface area contributed by atoms with Gasteiger partial charge in [-0.15, -0.1) is 0 Å². The zero-order valence-corrected chi connectivity index (χ0v) is 14.1. The molecule has 0 aliphatic rings. The fourth-order valence-corrected chi connectivity index (χ4v) is 2.91. The quantitative estimate of drug-likeness (QED) is 0.730. The van der Waals surface area contributed by atoms with Gasteiger partial charge in [-0.3, -0.25) is 0 Å². The predicted octanol–water partition coefficient (Wildman–Crippen LogP) is -0.365. The smallest absolute Gasteiger partial charge is 0.244 e. The Morgan fingerprint density at radius 3 is 2.10 bits per heavy atom. The van der Waals surface area contributed by atoms with Crippen LogP contribution in [0.5, 0.6) is 0 Å². The molecule has 120 valence electrons. The first-order valence-corrected chi connectivity index (χ1v) is 9.15. The number of hydrogen-bond acceptors (Lipinski definition) is 6. The van der Waals surface area contributed by atoms with Crippen molar-refractivity contribution >= 4 is 25.9 Å². The second-order valence-corrected chi connectivity index (χ2v) is 9.15. The van der Waals surface area contributed by atoms with E-state index >= 15 is 0 Å². The first kappa shape index (κ1) is 17.8. The second kappa shape index (κ2) is 6.69. The molecule has 1 rings (SSSR count). The third-order valence-electron chi connectivity index (χ3n) is 2.74. The van der Waals surface area contributed by atoms with Crippen molar-refractivity contribution in [3.8, 4) is 0 Å². The van der Waals surface area contributed by atoms with Crippen LogP contribution < -0.4 is 5.32 Å². The fraction of sp³-hybridized carbons (Fsp3) is 0.545. The van der Waals surface area contributed by atoms with Crippen LogP contribution in [-0.4, -0.2) is 70.9 Å². The van der Waals surface area contributed by atoms with E-state index in [1.165, 1.54) is 46.5 Å². The molecule has 21 heavy (non-hydrogen) atoms. The summed E-state index contributed by atoms with van der Waals surface area (Å²) in [5.74, 6) is 0.348. The van der Waals surface area contributed by atoms with E-state index in [0.29, 0.717) is 5.82 Å². The summed E-state index contributed by atoms with van der Waals surface area (Å²) in [6.45, 7) is 0.188. The SMILES string of the molecule is CN(C)S(=O)(=O)CCNc1ccc(S(=O)(=O)N(C)C)cn1. The Balaban J connectivity index is 2.69. The minimum absolute atomic E-state index is 0.0700. The molecule has 1 aromatic heterocycles. The van der Waals surface area contributed by atoms with Crippen LogP contribution in [0.3, 0.4) is 0 Å². The molecule has 0 aliphatic heterocycles. The summed E-state index contributed by atoms with van der Waals surface area (Å²) in [4.78, 5) is 4.05. The van der Waals surface area contributed by atoms with Gasteiger partial charge in [-0.1, -0.05) is 0 Å². The maximum atomic E-state index is 11.8. The summed E-state index contributed by atoms with van der Waals surface area (Å²) in [5.41, 5.74) is 0. The first-order chi connectivity index (χ1) is 9.57. The maximum absolute atomic E-state index is 11.8. The third kappa shape index (κ3) is 4.63. The predicted molar refractivity (Wildman–Crippen MR) is 81.1 cm³/mol. The van der Waals surface area contributed by atoms with Crippen LogP contribution in [0, 0.1) is 0 Å². The Labute approximate surface area is 125 Å². The zero-order chi connectivity index (χ0) is 16.3. The lowest BCUT2D eigenvalue weighted by Crippen LogP contribution is -2.28. The molecule has 0 amide bonds. The Hall–Kier alpha value is -1.23. The molecule has 0 radical (unpaired) electrons. The first-order valence-electron chi connectivity index (χ1n) is 6.10. The molecular weight excluding hydrogens is 316 g/mol. The van der Waals surface area contributed by atoms with E-state index in [-0.39, 0.29) is 17.2 Å². The number of hydrogen-bond donors (Lipinski definition) is 1. The Morgan fingerprint density at radius 2 is 1.67 bits per heavy atom. The summed E-state index contributed by atoms with van der Waals surface area (Å²) in [6, 6.07) is 2.92. The monoisotopic (exact) mass is 336 g/mol. The summed E-state index contributed by atoms with van der Waals surface area (Å²) >= 11 is 0. The van der Waals surface area contributed by atoms with Crippen molar-refractivity contribution in [1.29, 1.82) is 0 Å². The van der Waals surface area contributed by atoms with Gasteiger partial charge in [-0.25, -0.2) is 30.4 Å². The van der Waals surface area contributed by atoms with Gasteiger partial charge in [0.15, 0.2) is 0 Å². The molecule has 1 N–H and O–H groups in total. The number of aromatic nitrogens is 1. The van der Waals surface area contributed by atoms with Crippen molar-refractivity contribution in [3.63, 3.8) is 0 Å². The summed E-state index contributed by atoms with van der Waals surface area (Å²) < 4.78 is 49.1. The van der Waals surface area contributed by atoms with Crippen molar-refractivity contribution in [2.75, 3.05) is 45.8 Å². The largest absolute Gasteiger partial charge is 0.369 e. The van der Waals surface area contributed by atoms with Crippen molar-refractivity contribution in [3.05, 3.63) is 18.3 Å². The molecule has 1 aromatic rings. The number of nitrogens with zero attached hydrogens (tertiary/aromatic N) is 3. The van der Waals surface area contributed by atoms with Gasteiger partial charge >= 0.3 is 0 Å². The average Bonchev–Trinajstić information content (AvgIpc) is 2.38. The molecule has 10 heteroatoms. The van der Waals surface area contributed by atoms with E-state index in [0.717, 1.165) is 8.61 Å². The molecule has 0 bridgehead atoms. The van der Waals surface area contributed by atoms with Crippen LogP contribution in [0.1, 0.15) is 0 Å². The normalized spacial score (nSPS) is 12.9. The van der Waals surface area contributed by atoms with Crippen LogP contribution in [0.2, 0.25) is 0 Å². The van der Waals surface area contributed by atoms with E-state index in [1.807, 2.05) is 0 Å². The lowest BCUT2D eigenvalue weighted by atomic mass is 10.4. The molecule has 0 fully saturated rings. The molecule has 0 spiro atoms. The molecule has 0 atom stereocenters. The minimum Gasteiger partial charge on any atom is -0.369 e. The number of nitrogens with one attached hydrogen (secondary N) is 1. The highest BCUT2D eigenvalue weighted by molar-refractivity contribution is 7.89. The third-order valence-corrected chi connectivity index (χ3v) is 6.37. The van der Waals surface area contributed by atoms with Gasteiger partial charge in [-0.2, -0.15) is 0 Å². The van der Waals surface area contributed by atoms with E-state index in [4.69, 9.17) is 0 Å². The van der Waals surface area contributed by atoms with Gasteiger partial charge in [0.25, 0.3) is 0 Å². The van der Waals surface area contributed by atoms with E-state index < -0.39 is 20.0 Å². The standard InChI is InChI=1S/C11H20N4O4S2/c1-14(2)20(16,17)8-7-12-11-6-5-10(9-13-11)21(18,19)15(3)4/h5-6,9H,7-8H2,1-4H3,(H,12,13). The Kier molecular flexibility index (Phi) is 5.68. The second-order valence-electron chi connectivity index (χ2n) is 4.69. The lowest BCUT2D eigenvalue weighted by Gasteiger charge is -2.13. The lowest BCUT2D eigenvalue weighted by molar-refractivity contribution is 0.520. The molecule has 0 aliphatic carbocycles.